The summed E-state index contributed by atoms with van der Waals surface area (Å²) >= 11 is 3.42. The van der Waals surface area contributed by atoms with Crippen LogP contribution in [-0.4, -0.2) is 32.9 Å². The highest BCUT2D eigenvalue weighted by atomic mass is 79.9. The van der Waals surface area contributed by atoms with E-state index in [2.05, 4.69) is 31.8 Å². The number of ether oxygens (including phenoxy) is 2. The molecule has 0 spiro atoms. The van der Waals surface area contributed by atoms with Crippen molar-refractivity contribution in [1.82, 2.24) is 5.43 Å². The van der Waals surface area contributed by atoms with E-state index in [0.717, 1.165) is 20.9 Å². The van der Waals surface area contributed by atoms with Crippen molar-refractivity contribution in [1.29, 1.82) is 0 Å². The van der Waals surface area contributed by atoms with Gasteiger partial charge in [0, 0.05) is 22.7 Å². The van der Waals surface area contributed by atoms with Gasteiger partial charge < -0.3 is 14.8 Å². The first-order valence-electron chi connectivity index (χ1n) is 8.57. The van der Waals surface area contributed by atoms with Gasteiger partial charge in [-0.3, -0.25) is 4.79 Å². The van der Waals surface area contributed by atoms with Crippen molar-refractivity contribution >= 4 is 44.5 Å². The van der Waals surface area contributed by atoms with E-state index in [1.807, 2.05) is 48.5 Å². The first-order chi connectivity index (χ1) is 13.6. The Balaban J connectivity index is 1.62. The zero-order chi connectivity index (χ0) is 19.9. The quantitative estimate of drug-likeness (QED) is 0.426. The van der Waals surface area contributed by atoms with Crippen molar-refractivity contribution in [3.63, 3.8) is 0 Å². The summed E-state index contributed by atoms with van der Waals surface area (Å²) < 4.78 is 11.3. The van der Waals surface area contributed by atoms with Crippen LogP contribution in [0.2, 0.25) is 0 Å². The van der Waals surface area contributed by atoms with Crippen molar-refractivity contribution in [2.75, 3.05) is 26.1 Å². The van der Waals surface area contributed by atoms with E-state index in [1.165, 1.54) is 6.21 Å². The molecular weight excluding hydrogens is 422 g/mol. The number of halogens is 1. The molecule has 2 N–H and O–H groups in total. The summed E-state index contributed by atoms with van der Waals surface area (Å²) in [7, 11) is 3.14. The number of hydrogen-bond acceptors (Lipinski definition) is 5. The second kappa shape index (κ2) is 9.23. The number of hydrogen-bond donors (Lipinski definition) is 2. The molecule has 3 aromatic rings. The lowest BCUT2D eigenvalue weighted by Gasteiger charge is -2.10. The summed E-state index contributed by atoms with van der Waals surface area (Å²) in [6.07, 6.45) is 1.53. The van der Waals surface area contributed by atoms with Crippen LogP contribution in [-0.2, 0) is 4.79 Å². The normalized spacial score (nSPS) is 10.8. The van der Waals surface area contributed by atoms with Gasteiger partial charge in [0.2, 0.25) is 0 Å². The van der Waals surface area contributed by atoms with Crippen molar-refractivity contribution in [3.05, 3.63) is 64.6 Å². The Bertz CT molecular complexity index is 1020. The number of amides is 1. The Labute approximate surface area is 171 Å². The van der Waals surface area contributed by atoms with E-state index in [-0.39, 0.29) is 12.5 Å². The third-order valence-electron chi connectivity index (χ3n) is 4.13. The largest absolute Gasteiger partial charge is 0.496 e. The van der Waals surface area contributed by atoms with E-state index < -0.39 is 0 Å². The monoisotopic (exact) mass is 441 g/mol. The molecule has 28 heavy (non-hydrogen) atoms. The predicted octanol–water partition coefficient (Wildman–Crippen LogP) is 4.18. The molecule has 3 aromatic carbocycles. The van der Waals surface area contributed by atoms with Gasteiger partial charge >= 0.3 is 0 Å². The van der Waals surface area contributed by atoms with Gasteiger partial charge in [-0.25, -0.2) is 5.43 Å². The summed E-state index contributed by atoms with van der Waals surface area (Å²) in [5.74, 6) is 0.986. The summed E-state index contributed by atoms with van der Waals surface area (Å²) in [6, 6.07) is 17.5. The average molecular weight is 442 g/mol. The van der Waals surface area contributed by atoms with Crippen LogP contribution in [0, 0.1) is 0 Å². The van der Waals surface area contributed by atoms with Crippen LogP contribution in [0.4, 0.5) is 5.69 Å². The average Bonchev–Trinajstić information content (AvgIpc) is 2.72. The first-order valence-corrected chi connectivity index (χ1v) is 9.36. The Kier molecular flexibility index (Phi) is 6.49. The van der Waals surface area contributed by atoms with Gasteiger partial charge in [-0.05, 0) is 33.4 Å². The predicted molar refractivity (Wildman–Crippen MR) is 115 cm³/mol. The molecule has 0 unspecified atom stereocenters. The summed E-state index contributed by atoms with van der Waals surface area (Å²) in [5.41, 5.74) is 4.12. The zero-order valence-electron chi connectivity index (χ0n) is 15.5. The molecule has 0 saturated carbocycles. The molecule has 0 aliphatic rings. The van der Waals surface area contributed by atoms with Gasteiger partial charge in [0.1, 0.15) is 11.5 Å². The molecule has 6 nitrogen and oxygen atoms in total. The van der Waals surface area contributed by atoms with E-state index in [4.69, 9.17) is 9.47 Å². The maximum atomic E-state index is 12.1. The number of nitrogens with one attached hydrogen (secondary N) is 2. The Hall–Kier alpha value is -3.06. The molecule has 0 saturated heterocycles. The maximum Gasteiger partial charge on any atom is 0.259 e. The number of methoxy groups -OCH3 is 2. The fraction of sp³-hybridized carbons (Fsp3) is 0.143. The minimum atomic E-state index is -0.254. The molecule has 144 valence electrons. The van der Waals surface area contributed by atoms with Gasteiger partial charge in [-0.2, -0.15) is 5.10 Å². The third-order valence-corrected chi connectivity index (χ3v) is 4.75. The standard InChI is InChI=1S/C21H20BrN3O3/c1-27-19-11-20(28-2)17(22)10-15(19)12-24-25-21(26)13-23-18-9-5-7-14-6-3-4-8-16(14)18/h3-12,23H,13H2,1-2H3,(H,25,26)/b24-12+. The lowest BCUT2D eigenvalue weighted by atomic mass is 10.1. The molecule has 0 aromatic heterocycles. The number of rotatable bonds is 7. The second-order valence-corrected chi connectivity index (χ2v) is 6.76. The van der Waals surface area contributed by atoms with Crippen LogP contribution in [0.3, 0.4) is 0 Å². The smallest absolute Gasteiger partial charge is 0.259 e. The molecule has 0 bridgehead atoms. The molecule has 0 heterocycles. The Morgan fingerprint density at radius 3 is 2.61 bits per heavy atom. The topological polar surface area (TPSA) is 72.0 Å². The number of carbonyl (C=O) groups is 1. The molecule has 1 amide bonds. The first kappa shape index (κ1) is 19.7. The maximum absolute atomic E-state index is 12.1. The van der Waals surface area contributed by atoms with Crippen LogP contribution < -0.4 is 20.2 Å². The molecule has 3 rings (SSSR count). The van der Waals surface area contributed by atoms with Gasteiger partial charge in [0.05, 0.1) is 31.5 Å². The van der Waals surface area contributed by atoms with E-state index in [9.17, 15) is 4.79 Å². The van der Waals surface area contributed by atoms with Crippen molar-refractivity contribution < 1.29 is 14.3 Å². The molecule has 7 heteroatoms. The fourth-order valence-electron chi connectivity index (χ4n) is 2.75. The minimum Gasteiger partial charge on any atom is -0.496 e. The van der Waals surface area contributed by atoms with Crippen LogP contribution >= 0.6 is 15.9 Å². The molecular formula is C21H20BrN3O3. The lowest BCUT2D eigenvalue weighted by molar-refractivity contribution is -0.119. The van der Waals surface area contributed by atoms with Crippen molar-refractivity contribution in [2.45, 2.75) is 0 Å². The van der Waals surface area contributed by atoms with E-state index in [1.54, 1.807) is 20.3 Å². The minimum absolute atomic E-state index is 0.106. The lowest BCUT2D eigenvalue weighted by Crippen LogP contribution is -2.26. The second-order valence-electron chi connectivity index (χ2n) is 5.90. The third kappa shape index (κ3) is 4.61. The number of nitrogens with zero attached hydrogens (tertiary/aromatic N) is 1. The van der Waals surface area contributed by atoms with Crippen LogP contribution in [0.1, 0.15) is 5.56 Å². The molecule has 0 atom stereocenters. The summed E-state index contributed by atoms with van der Waals surface area (Å²) in [6.45, 7) is 0.106. The zero-order valence-corrected chi connectivity index (χ0v) is 17.1. The van der Waals surface area contributed by atoms with E-state index in [0.29, 0.717) is 17.1 Å². The number of carbonyl (C=O) groups excluding carboxylic acids is 1. The van der Waals surface area contributed by atoms with Crippen molar-refractivity contribution in [3.8, 4) is 11.5 Å². The number of anilines is 1. The van der Waals surface area contributed by atoms with Crippen molar-refractivity contribution in [2.24, 2.45) is 5.10 Å². The number of hydrazone groups is 1. The van der Waals surface area contributed by atoms with Gasteiger partial charge in [0.15, 0.2) is 0 Å². The summed E-state index contributed by atoms with van der Waals surface area (Å²) in [4.78, 5) is 12.1. The van der Waals surface area contributed by atoms with Gasteiger partial charge in [-0.15, -0.1) is 0 Å². The molecule has 0 aliphatic heterocycles. The number of fused-ring (bicyclic) bond motifs is 1. The van der Waals surface area contributed by atoms with Gasteiger partial charge in [-0.1, -0.05) is 36.4 Å². The SMILES string of the molecule is COc1cc(OC)c(/C=N/NC(=O)CNc2cccc3ccccc23)cc1Br. The number of benzene rings is 3. The van der Waals surface area contributed by atoms with E-state index >= 15 is 0 Å². The van der Waals surface area contributed by atoms with Gasteiger partial charge in [0.25, 0.3) is 5.91 Å². The fourth-order valence-corrected chi connectivity index (χ4v) is 3.28. The van der Waals surface area contributed by atoms with Crippen LogP contribution in [0.25, 0.3) is 10.8 Å². The van der Waals surface area contributed by atoms with Crippen LogP contribution in [0.15, 0.2) is 64.2 Å². The molecule has 0 fully saturated rings. The molecule has 0 radical (unpaired) electrons. The highest BCUT2D eigenvalue weighted by Gasteiger charge is 2.08. The Morgan fingerprint density at radius 2 is 1.82 bits per heavy atom. The van der Waals surface area contributed by atoms with Crippen LogP contribution in [0.5, 0.6) is 11.5 Å². The summed E-state index contributed by atoms with van der Waals surface area (Å²) in [5, 5.41) is 9.34. The highest BCUT2D eigenvalue weighted by molar-refractivity contribution is 9.10. The Morgan fingerprint density at radius 1 is 1.07 bits per heavy atom. The molecule has 0 aliphatic carbocycles. The highest BCUT2D eigenvalue weighted by Crippen LogP contribution is 2.31.